The Morgan fingerprint density at radius 1 is 1.33 bits per heavy atom. The van der Waals surface area contributed by atoms with Crippen LogP contribution in [-0.4, -0.2) is 53.9 Å². The first kappa shape index (κ1) is 14.9. The Morgan fingerprint density at radius 3 is 2.62 bits per heavy atom. The minimum atomic E-state index is -0.191. The summed E-state index contributed by atoms with van der Waals surface area (Å²) in [6, 6.07) is 0. The Balaban J connectivity index is 1.71. The first-order valence-corrected chi connectivity index (χ1v) is 7.90. The van der Waals surface area contributed by atoms with E-state index in [1.165, 1.54) is 6.42 Å². The number of hydrogen-bond acceptors (Lipinski definition) is 6. The quantitative estimate of drug-likeness (QED) is 0.884. The molecule has 1 aliphatic heterocycles. The molecule has 1 aromatic heterocycles. The molecule has 3 rings (SSSR count). The van der Waals surface area contributed by atoms with E-state index in [1.54, 1.807) is 7.11 Å². The monoisotopic (exact) mass is 294 g/mol. The molecule has 0 bridgehead atoms. The summed E-state index contributed by atoms with van der Waals surface area (Å²) in [5.41, 5.74) is -0.257. The van der Waals surface area contributed by atoms with Crippen molar-refractivity contribution in [3.63, 3.8) is 0 Å². The summed E-state index contributed by atoms with van der Waals surface area (Å²) in [6.45, 7) is 8.39. The minimum Gasteiger partial charge on any atom is -0.378 e. The number of rotatable bonds is 5. The standard InChI is InChI=1S/C15H26N4O2/c1-14(2,19-9-7-16-8-10-19)13-17-12(21-18-13)11-15(20-3)5-4-6-15/h16H,4-11H2,1-3H3. The molecule has 1 saturated carbocycles. The summed E-state index contributed by atoms with van der Waals surface area (Å²) in [5, 5.41) is 7.61. The number of aromatic nitrogens is 2. The third kappa shape index (κ3) is 2.84. The minimum absolute atomic E-state index is 0.0665. The van der Waals surface area contributed by atoms with Gasteiger partial charge in [-0.05, 0) is 33.1 Å². The van der Waals surface area contributed by atoms with Crippen molar-refractivity contribution in [1.82, 2.24) is 20.4 Å². The average molecular weight is 294 g/mol. The molecule has 0 amide bonds. The van der Waals surface area contributed by atoms with Gasteiger partial charge in [-0.2, -0.15) is 4.98 Å². The fourth-order valence-corrected chi connectivity index (χ4v) is 3.24. The summed E-state index contributed by atoms with van der Waals surface area (Å²) in [5.74, 6) is 1.49. The second kappa shape index (κ2) is 5.66. The smallest absolute Gasteiger partial charge is 0.229 e. The molecule has 118 valence electrons. The number of ether oxygens (including phenoxy) is 1. The molecule has 0 unspecified atom stereocenters. The number of nitrogens with zero attached hydrogens (tertiary/aromatic N) is 3. The lowest BCUT2D eigenvalue weighted by Crippen LogP contribution is -2.52. The van der Waals surface area contributed by atoms with E-state index in [2.05, 4.69) is 34.2 Å². The number of methoxy groups -OCH3 is 1. The first-order valence-electron chi connectivity index (χ1n) is 7.90. The molecule has 1 saturated heterocycles. The maximum Gasteiger partial charge on any atom is 0.229 e. The lowest BCUT2D eigenvalue weighted by molar-refractivity contribution is -0.0751. The second-order valence-corrected chi connectivity index (χ2v) is 6.73. The Hall–Kier alpha value is -0.980. The van der Waals surface area contributed by atoms with Crippen LogP contribution < -0.4 is 5.32 Å². The van der Waals surface area contributed by atoms with Crippen molar-refractivity contribution in [3.05, 3.63) is 11.7 Å². The molecule has 0 aromatic carbocycles. The Kier molecular flexibility index (Phi) is 4.03. The number of piperazine rings is 1. The van der Waals surface area contributed by atoms with Crippen LogP contribution >= 0.6 is 0 Å². The van der Waals surface area contributed by atoms with Crippen molar-refractivity contribution in [1.29, 1.82) is 0 Å². The maximum atomic E-state index is 5.64. The van der Waals surface area contributed by atoms with Gasteiger partial charge < -0.3 is 14.6 Å². The summed E-state index contributed by atoms with van der Waals surface area (Å²) >= 11 is 0. The lowest BCUT2D eigenvalue weighted by Gasteiger charge is -2.39. The van der Waals surface area contributed by atoms with Crippen LogP contribution in [0.2, 0.25) is 0 Å². The van der Waals surface area contributed by atoms with Gasteiger partial charge in [0.15, 0.2) is 5.82 Å². The van der Waals surface area contributed by atoms with Crippen molar-refractivity contribution < 1.29 is 9.26 Å². The number of nitrogens with one attached hydrogen (secondary N) is 1. The van der Waals surface area contributed by atoms with Gasteiger partial charge in [0.1, 0.15) is 0 Å². The fourth-order valence-electron chi connectivity index (χ4n) is 3.24. The summed E-state index contributed by atoms with van der Waals surface area (Å²) in [7, 11) is 1.78. The van der Waals surface area contributed by atoms with Gasteiger partial charge in [-0.25, -0.2) is 0 Å². The van der Waals surface area contributed by atoms with Crippen LogP contribution in [0.4, 0.5) is 0 Å². The van der Waals surface area contributed by atoms with Crippen LogP contribution in [-0.2, 0) is 16.7 Å². The largest absolute Gasteiger partial charge is 0.378 e. The van der Waals surface area contributed by atoms with E-state index in [9.17, 15) is 0 Å². The normalized spacial score (nSPS) is 23.0. The number of hydrogen-bond donors (Lipinski definition) is 1. The van der Waals surface area contributed by atoms with E-state index in [4.69, 9.17) is 9.26 Å². The van der Waals surface area contributed by atoms with E-state index in [1.807, 2.05) is 0 Å². The van der Waals surface area contributed by atoms with E-state index in [-0.39, 0.29) is 11.1 Å². The molecule has 1 N–H and O–H groups in total. The van der Waals surface area contributed by atoms with Gasteiger partial charge in [0.05, 0.1) is 17.6 Å². The van der Waals surface area contributed by atoms with Gasteiger partial charge in [0.2, 0.25) is 5.89 Å². The first-order chi connectivity index (χ1) is 10.1. The summed E-state index contributed by atoms with van der Waals surface area (Å²) < 4.78 is 11.1. The van der Waals surface area contributed by atoms with E-state index in [0.717, 1.165) is 51.3 Å². The van der Waals surface area contributed by atoms with Gasteiger partial charge in [-0.1, -0.05) is 5.16 Å². The molecule has 0 radical (unpaired) electrons. The molecule has 2 heterocycles. The highest BCUT2D eigenvalue weighted by atomic mass is 16.5. The van der Waals surface area contributed by atoms with Crippen LogP contribution in [0.25, 0.3) is 0 Å². The molecule has 6 nitrogen and oxygen atoms in total. The molecule has 21 heavy (non-hydrogen) atoms. The highest BCUT2D eigenvalue weighted by molar-refractivity contribution is 5.05. The molecule has 2 fully saturated rings. The Labute approximate surface area is 126 Å². The summed E-state index contributed by atoms with van der Waals surface area (Å²) in [6.07, 6.45) is 4.13. The van der Waals surface area contributed by atoms with Crippen molar-refractivity contribution in [2.75, 3.05) is 33.3 Å². The Bertz CT molecular complexity index is 470. The molecule has 1 aliphatic carbocycles. The van der Waals surface area contributed by atoms with Crippen LogP contribution in [0.1, 0.15) is 44.8 Å². The maximum absolute atomic E-state index is 5.64. The molecular formula is C15H26N4O2. The lowest BCUT2D eigenvalue weighted by atomic mass is 9.77. The predicted octanol–water partition coefficient (Wildman–Crippen LogP) is 1.32. The van der Waals surface area contributed by atoms with Crippen molar-refractivity contribution >= 4 is 0 Å². The van der Waals surface area contributed by atoms with Gasteiger partial charge in [-0.15, -0.1) is 0 Å². The molecule has 0 spiro atoms. The van der Waals surface area contributed by atoms with Gasteiger partial charge in [0.25, 0.3) is 0 Å². The fraction of sp³-hybridized carbons (Fsp3) is 0.867. The van der Waals surface area contributed by atoms with Crippen LogP contribution in [0.15, 0.2) is 4.52 Å². The molecule has 1 aromatic rings. The van der Waals surface area contributed by atoms with E-state index >= 15 is 0 Å². The zero-order valence-corrected chi connectivity index (χ0v) is 13.3. The van der Waals surface area contributed by atoms with Gasteiger partial charge >= 0.3 is 0 Å². The zero-order valence-electron chi connectivity index (χ0n) is 13.3. The van der Waals surface area contributed by atoms with E-state index in [0.29, 0.717) is 5.89 Å². The highest BCUT2D eigenvalue weighted by Crippen LogP contribution is 2.38. The van der Waals surface area contributed by atoms with Crippen molar-refractivity contribution in [3.8, 4) is 0 Å². The average Bonchev–Trinajstić information content (AvgIpc) is 2.93. The van der Waals surface area contributed by atoms with Crippen LogP contribution in [0, 0.1) is 0 Å². The molecular weight excluding hydrogens is 268 g/mol. The van der Waals surface area contributed by atoms with E-state index < -0.39 is 0 Å². The third-order valence-corrected chi connectivity index (χ3v) is 5.09. The van der Waals surface area contributed by atoms with Crippen LogP contribution in [0.3, 0.4) is 0 Å². The van der Waals surface area contributed by atoms with Crippen LogP contribution in [0.5, 0.6) is 0 Å². The predicted molar refractivity (Wildman–Crippen MR) is 79.1 cm³/mol. The molecule has 6 heteroatoms. The topological polar surface area (TPSA) is 63.4 Å². The molecule has 0 atom stereocenters. The highest BCUT2D eigenvalue weighted by Gasteiger charge is 2.40. The Morgan fingerprint density at radius 2 is 2.05 bits per heavy atom. The SMILES string of the molecule is COC1(Cc2nc(C(C)(C)N3CCNCC3)no2)CCC1. The van der Waals surface area contributed by atoms with Gasteiger partial charge in [0, 0.05) is 33.3 Å². The summed E-state index contributed by atoms with van der Waals surface area (Å²) in [4.78, 5) is 7.06. The second-order valence-electron chi connectivity index (χ2n) is 6.73. The van der Waals surface area contributed by atoms with Crippen molar-refractivity contribution in [2.45, 2.75) is 50.7 Å². The molecule has 2 aliphatic rings. The van der Waals surface area contributed by atoms with Crippen molar-refractivity contribution in [2.24, 2.45) is 0 Å². The zero-order chi connectivity index (χ0) is 14.9. The third-order valence-electron chi connectivity index (χ3n) is 5.09. The van der Waals surface area contributed by atoms with Gasteiger partial charge in [-0.3, -0.25) is 4.90 Å².